The predicted molar refractivity (Wildman–Crippen MR) is 177 cm³/mol. The minimum absolute atomic E-state index is 0.609. The molecule has 4 heteroatoms. The minimum Gasteiger partial charge on any atom is -0.445 e. The van der Waals surface area contributed by atoms with Crippen molar-refractivity contribution in [1.29, 1.82) is 0 Å². The largest absolute Gasteiger partial charge is 0.445 e. The van der Waals surface area contributed by atoms with Crippen LogP contribution in [0.2, 0.25) is 0 Å². The molecule has 44 heavy (non-hydrogen) atoms. The van der Waals surface area contributed by atoms with Crippen molar-refractivity contribution in [2.75, 3.05) is 0 Å². The molecule has 0 saturated carbocycles. The summed E-state index contributed by atoms with van der Waals surface area (Å²) < 4.78 is 11.2. The van der Waals surface area contributed by atoms with Crippen LogP contribution in [0.4, 0.5) is 0 Å². The second kappa shape index (κ2) is 11.0. The van der Waals surface area contributed by atoms with E-state index < -0.39 is 0 Å². The molecule has 4 nitrogen and oxygen atoms in total. The number of hydrogen-bond acceptors (Lipinski definition) is 4. The molecule has 0 bridgehead atoms. The van der Waals surface area contributed by atoms with Crippen LogP contribution in [0.3, 0.4) is 0 Å². The van der Waals surface area contributed by atoms with E-state index in [2.05, 4.69) is 143 Å². The van der Waals surface area contributed by atoms with Gasteiger partial charge in [0, 0.05) is 11.1 Å². The Labute approximate surface area is 254 Å². The molecule has 0 aliphatic carbocycles. The van der Waals surface area contributed by atoms with Crippen molar-refractivity contribution in [3.8, 4) is 67.4 Å². The van der Waals surface area contributed by atoms with Crippen molar-refractivity contribution in [2.24, 2.45) is 0 Å². The molecule has 8 rings (SSSR count). The lowest BCUT2D eigenvalue weighted by atomic mass is 9.79. The molecule has 0 unspecified atom stereocenters. The monoisotopic (exact) mass is 566 g/mol. The van der Waals surface area contributed by atoms with Crippen LogP contribution in [0.1, 0.15) is 0 Å². The number of aromatic nitrogens is 2. The van der Waals surface area contributed by atoms with Gasteiger partial charge < -0.3 is 8.83 Å². The molecule has 0 fully saturated rings. The van der Waals surface area contributed by atoms with Gasteiger partial charge in [0.25, 0.3) is 0 Å². The lowest BCUT2D eigenvalue weighted by Gasteiger charge is -2.24. The first kappa shape index (κ1) is 25.7. The third-order valence-electron chi connectivity index (χ3n) is 8.05. The first-order chi connectivity index (χ1) is 21.8. The third kappa shape index (κ3) is 4.50. The Hall–Kier alpha value is -6.00. The van der Waals surface area contributed by atoms with Gasteiger partial charge in [-0.2, -0.15) is 0 Å². The zero-order valence-electron chi connectivity index (χ0n) is 23.7. The lowest BCUT2D eigenvalue weighted by molar-refractivity contribution is 0.574. The van der Waals surface area contributed by atoms with E-state index in [9.17, 15) is 0 Å². The second-order valence-electron chi connectivity index (χ2n) is 10.6. The summed E-state index contributed by atoms with van der Waals surface area (Å²) in [6.45, 7) is 0. The fourth-order valence-corrected chi connectivity index (χ4v) is 6.12. The molecule has 2 heterocycles. The summed E-state index contributed by atoms with van der Waals surface area (Å²) in [4.78, 5) is 8.70. The molecular formula is C40H26N2O2. The summed E-state index contributed by atoms with van der Waals surface area (Å²) in [5.74, 6) is 1.22. The van der Waals surface area contributed by atoms with Crippen molar-refractivity contribution in [3.05, 3.63) is 158 Å². The van der Waals surface area contributed by atoms with Gasteiger partial charge in [0.2, 0.25) is 11.8 Å². The topological polar surface area (TPSA) is 52.1 Å². The van der Waals surface area contributed by atoms with Gasteiger partial charge in [0.15, 0.2) is 0 Å². The summed E-state index contributed by atoms with van der Waals surface area (Å²) in [7, 11) is 0. The van der Waals surface area contributed by atoms with E-state index in [1.165, 1.54) is 33.0 Å². The van der Waals surface area contributed by atoms with Crippen molar-refractivity contribution in [2.45, 2.75) is 0 Å². The van der Waals surface area contributed by atoms with E-state index in [0.717, 1.165) is 33.4 Å². The zero-order chi connectivity index (χ0) is 29.3. The Kier molecular flexibility index (Phi) is 6.43. The normalized spacial score (nSPS) is 11.2. The number of benzene rings is 6. The fraction of sp³-hybridized carbons (Fsp3) is 0. The maximum Gasteiger partial charge on any atom is 0.225 e. The fourth-order valence-electron chi connectivity index (χ4n) is 6.12. The third-order valence-corrected chi connectivity index (χ3v) is 8.05. The summed E-state index contributed by atoms with van der Waals surface area (Å²) in [6.07, 6.45) is 6.55. The maximum atomic E-state index is 5.58. The van der Waals surface area contributed by atoms with Gasteiger partial charge in [-0.15, -0.1) is 0 Å². The number of hydrogen-bond donors (Lipinski definition) is 0. The molecular weight excluding hydrogens is 540 g/mol. The van der Waals surface area contributed by atoms with E-state index in [1.807, 2.05) is 0 Å². The number of oxazole rings is 2. The Morgan fingerprint density at radius 1 is 0.318 bits per heavy atom. The first-order valence-corrected chi connectivity index (χ1v) is 14.6. The van der Waals surface area contributed by atoms with E-state index in [4.69, 9.17) is 8.83 Å². The van der Waals surface area contributed by atoms with Crippen LogP contribution in [0.5, 0.6) is 0 Å². The average Bonchev–Trinajstić information content (AvgIpc) is 3.84. The highest BCUT2D eigenvalue weighted by Crippen LogP contribution is 2.51. The van der Waals surface area contributed by atoms with Gasteiger partial charge >= 0.3 is 0 Å². The SMILES string of the molecule is c1ccc(-c2c(-c3ccccc3)c(-c3ccc(-c4ncco4)cc3)c3ccccc3c2-c2ccc(-c3ncco3)cc2)cc1. The van der Waals surface area contributed by atoms with Crippen molar-refractivity contribution >= 4 is 10.8 Å². The van der Waals surface area contributed by atoms with Gasteiger partial charge in [-0.05, 0) is 79.5 Å². The van der Waals surface area contributed by atoms with Crippen LogP contribution in [0.15, 0.2) is 167 Å². The quantitative estimate of drug-likeness (QED) is 0.201. The lowest BCUT2D eigenvalue weighted by Crippen LogP contribution is -1.97. The van der Waals surface area contributed by atoms with Crippen LogP contribution in [0.25, 0.3) is 78.2 Å². The summed E-state index contributed by atoms with van der Waals surface area (Å²) in [5, 5.41) is 2.36. The number of rotatable bonds is 6. The van der Waals surface area contributed by atoms with Gasteiger partial charge in [-0.25, -0.2) is 9.97 Å². The van der Waals surface area contributed by atoms with Crippen molar-refractivity contribution < 1.29 is 8.83 Å². The van der Waals surface area contributed by atoms with E-state index >= 15 is 0 Å². The Balaban J connectivity index is 1.47. The predicted octanol–water partition coefficient (Wildman–Crippen LogP) is 10.8. The van der Waals surface area contributed by atoms with Crippen LogP contribution < -0.4 is 0 Å². The van der Waals surface area contributed by atoms with Crippen LogP contribution in [0, 0.1) is 0 Å². The molecule has 0 amide bonds. The second-order valence-corrected chi connectivity index (χ2v) is 10.6. The molecule has 2 aromatic heterocycles. The smallest absolute Gasteiger partial charge is 0.225 e. The van der Waals surface area contributed by atoms with Crippen LogP contribution in [-0.4, -0.2) is 9.97 Å². The van der Waals surface area contributed by atoms with Gasteiger partial charge in [0.05, 0.1) is 12.4 Å². The van der Waals surface area contributed by atoms with Crippen molar-refractivity contribution in [1.82, 2.24) is 9.97 Å². The highest BCUT2D eigenvalue weighted by Gasteiger charge is 2.24. The first-order valence-electron chi connectivity index (χ1n) is 14.6. The summed E-state index contributed by atoms with van der Waals surface area (Å²) in [6, 6.07) is 47.2. The molecule has 6 aromatic carbocycles. The Bertz CT molecular complexity index is 2010. The molecule has 0 aliphatic heterocycles. The molecule has 0 spiro atoms. The van der Waals surface area contributed by atoms with E-state index in [-0.39, 0.29) is 0 Å². The summed E-state index contributed by atoms with van der Waals surface area (Å²) >= 11 is 0. The molecule has 0 saturated heterocycles. The highest BCUT2D eigenvalue weighted by atomic mass is 16.3. The molecule has 8 aromatic rings. The van der Waals surface area contributed by atoms with Crippen LogP contribution in [-0.2, 0) is 0 Å². The molecule has 0 N–H and O–H groups in total. The Morgan fingerprint density at radius 2 is 0.659 bits per heavy atom. The average molecular weight is 567 g/mol. The highest BCUT2D eigenvalue weighted by molar-refractivity contribution is 6.18. The zero-order valence-corrected chi connectivity index (χ0v) is 23.7. The molecule has 0 aliphatic rings. The maximum absolute atomic E-state index is 5.58. The summed E-state index contributed by atoms with van der Waals surface area (Å²) in [5.41, 5.74) is 11.2. The molecule has 0 radical (unpaired) electrons. The standard InChI is InChI=1S/C40H26N2O2/c1-3-9-27(10-4-1)37-35(29-15-19-31(20-16-29)39-41-23-25-43-39)33-13-7-8-14-34(33)36(38(37)28-11-5-2-6-12-28)30-17-21-32(22-18-30)40-42-24-26-44-40/h1-26H. The number of fused-ring (bicyclic) bond motifs is 1. The van der Waals surface area contributed by atoms with Gasteiger partial charge in [-0.1, -0.05) is 109 Å². The Morgan fingerprint density at radius 3 is 1.02 bits per heavy atom. The van der Waals surface area contributed by atoms with Gasteiger partial charge in [-0.3, -0.25) is 0 Å². The van der Waals surface area contributed by atoms with E-state index in [0.29, 0.717) is 11.8 Å². The molecule has 208 valence electrons. The minimum atomic E-state index is 0.609. The van der Waals surface area contributed by atoms with E-state index in [1.54, 1.807) is 24.9 Å². The van der Waals surface area contributed by atoms with Crippen molar-refractivity contribution in [3.63, 3.8) is 0 Å². The van der Waals surface area contributed by atoms with Gasteiger partial charge in [0.1, 0.15) is 12.5 Å². The molecule has 0 atom stereocenters. The van der Waals surface area contributed by atoms with Crippen LogP contribution >= 0.6 is 0 Å². The number of nitrogens with zero attached hydrogens (tertiary/aromatic N) is 2.